The smallest absolute Gasteiger partial charge is 0.325 e. The number of amides is 2. The first-order valence-corrected chi connectivity index (χ1v) is 6.78. The van der Waals surface area contributed by atoms with Crippen LogP contribution in [0.1, 0.15) is 26.5 Å². The van der Waals surface area contributed by atoms with E-state index in [1.165, 1.54) is 7.11 Å². The molecule has 22 heavy (non-hydrogen) atoms. The zero-order valence-corrected chi connectivity index (χ0v) is 13.1. The highest BCUT2D eigenvalue weighted by molar-refractivity contribution is 6.00. The molecule has 0 aliphatic carbocycles. The number of urea groups is 1. The molecular formula is C15H20N4O3. The molecule has 0 radical (unpaired) electrons. The van der Waals surface area contributed by atoms with Gasteiger partial charge in [-0.05, 0) is 12.1 Å². The third-order valence-electron chi connectivity index (χ3n) is 2.96. The Morgan fingerprint density at radius 1 is 1.27 bits per heavy atom. The van der Waals surface area contributed by atoms with Crippen molar-refractivity contribution in [3.05, 3.63) is 30.0 Å². The summed E-state index contributed by atoms with van der Waals surface area (Å²) in [7, 11) is 1.51. The zero-order valence-electron chi connectivity index (χ0n) is 13.1. The molecule has 0 spiro atoms. The van der Waals surface area contributed by atoms with Crippen molar-refractivity contribution in [3.8, 4) is 5.75 Å². The van der Waals surface area contributed by atoms with Gasteiger partial charge in [-0.15, -0.1) is 0 Å². The van der Waals surface area contributed by atoms with E-state index in [-0.39, 0.29) is 5.41 Å². The Bertz CT molecular complexity index is 674. The van der Waals surface area contributed by atoms with E-state index in [4.69, 9.17) is 15.0 Å². The topological polar surface area (TPSA) is 102 Å². The molecule has 0 atom stereocenters. The van der Waals surface area contributed by atoms with Gasteiger partial charge < -0.3 is 20.3 Å². The van der Waals surface area contributed by atoms with Crippen LogP contribution in [0.15, 0.2) is 28.8 Å². The van der Waals surface area contributed by atoms with Gasteiger partial charge in [-0.25, -0.2) is 4.79 Å². The molecular weight excluding hydrogens is 284 g/mol. The Morgan fingerprint density at radius 3 is 2.59 bits per heavy atom. The summed E-state index contributed by atoms with van der Waals surface area (Å²) in [5, 5.41) is 9.10. The Kier molecular flexibility index (Phi) is 4.25. The minimum absolute atomic E-state index is 0.177. The third-order valence-corrected chi connectivity index (χ3v) is 2.96. The van der Waals surface area contributed by atoms with Crippen molar-refractivity contribution in [2.24, 2.45) is 0 Å². The van der Waals surface area contributed by atoms with Gasteiger partial charge in [0.1, 0.15) is 11.5 Å². The molecule has 2 rings (SSSR count). The molecule has 7 heteroatoms. The van der Waals surface area contributed by atoms with Crippen LogP contribution in [-0.2, 0) is 5.41 Å². The highest BCUT2D eigenvalue weighted by Gasteiger charge is 2.20. The Labute approximate surface area is 128 Å². The lowest BCUT2D eigenvalue weighted by Gasteiger charge is -2.12. The van der Waals surface area contributed by atoms with Crippen LogP contribution in [0.4, 0.5) is 22.0 Å². The number of anilines is 3. The van der Waals surface area contributed by atoms with Crippen LogP contribution < -0.4 is 21.1 Å². The maximum Gasteiger partial charge on any atom is 0.325 e. The lowest BCUT2D eigenvalue weighted by molar-refractivity contribution is 0.261. The van der Waals surface area contributed by atoms with E-state index in [2.05, 4.69) is 15.8 Å². The van der Waals surface area contributed by atoms with Crippen molar-refractivity contribution in [1.82, 2.24) is 5.16 Å². The molecule has 118 valence electrons. The fraction of sp³-hybridized carbons (Fsp3) is 0.333. The molecule has 0 aliphatic heterocycles. The fourth-order valence-corrected chi connectivity index (χ4v) is 1.77. The van der Waals surface area contributed by atoms with Crippen LogP contribution in [0.25, 0.3) is 0 Å². The number of aromatic nitrogens is 1. The first kappa shape index (κ1) is 15.7. The molecule has 0 aliphatic rings. The molecule has 0 saturated heterocycles. The summed E-state index contributed by atoms with van der Waals surface area (Å²) < 4.78 is 10.4. The lowest BCUT2D eigenvalue weighted by atomic mass is 9.93. The van der Waals surface area contributed by atoms with Gasteiger partial charge in [0.2, 0.25) is 0 Å². The molecule has 4 N–H and O–H groups in total. The van der Waals surface area contributed by atoms with Gasteiger partial charge in [-0.1, -0.05) is 25.9 Å². The average molecular weight is 304 g/mol. The number of nitrogen functional groups attached to an aromatic ring is 1. The highest BCUT2D eigenvalue weighted by atomic mass is 16.5. The van der Waals surface area contributed by atoms with Gasteiger partial charge in [-0.2, -0.15) is 0 Å². The molecule has 0 unspecified atom stereocenters. The molecule has 2 amide bonds. The van der Waals surface area contributed by atoms with E-state index in [9.17, 15) is 4.79 Å². The Morgan fingerprint density at radius 2 is 2.00 bits per heavy atom. The molecule has 0 saturated carbocycles. The number of methoxy groups -OCH3 is 1. The number of hydrogen-bond donors (Lipinski definition) is 3. The minimum Gasteiger partial charge on any atom is -0.494 e. The van der Waals surface area contributed by atoms with Gasteiger partial charge in [-0.3, -0.25) is 5.32 Å². The normalized spacial score (nSPS) is 11.1. The van der Waals surface area contributed by atoms with E-state index in [1.54, 1.807) is 24.3 Å². The van der Waals surface area contributed by atoms with Gasteiger partial charge >= 0.3 is 6.03 Å². The largest absolute Gasteiger partial charge is 0.494 e. The lowest BCUT2D eigenvalue weighted by Crippen LogP contribution is -2.20. The number of ether oxygens (including phenoxy) is 1. The number of carbonyl (C=O) groups excluding carboxylic acids is 1. The quantitative estimate of drug-likeness (QED) is 0.756. The van der Waals surface area contributed by atoms with Crippen molar-refractivity contribution in [2.45, 2.75) is 26.2 Å². The molecule has 1 heterocycles. The summed E-state index contributed by atoms with van der Waals surface area (Å²) >= 11 is 0. The van der Waals surface area contributed by atoms with Crippen molar-refractivity contribution in [3.63, 3.8) is 0 Å². The van der Waals surface area contributed by atoms with Gasteiger partial charge in [0.25, 0.3) is 0 Å². The second kappa shape index (κ2) is 5.97. The van der Waals surface area contributed by atoms with Gasteiger partial charge in [0, 0.05) is 23.2 Å². The monoisotopic (exact) mass is 304 g/mol. The van der Waals surface area contributed by atoms with Crippen LogP contribution in [0.3, 0.4) is 0 Å². The number of hydrogen-bond acceptors (Lipinski definition) is 5. The predicted octanol–water partition coefficient (Wildman–Crippen LogP) is 3.21. The molecule has 2 aromatic rings. The van der Waals surface area contributed by atoms with Crippen LogP contribution in [0.2, 0.25) is 0 Å². The first-order valence-electron chi connectivity index (χ1n) is 6.78. The number of carbonyl (C=O) groups is 1. The number of nitrogens with two attached hydrogens (primary N) is 1. The van der Waals surface area contributed by atoms with Gasteiger partial charge in [0.05, 0.1) is 12.8 Å². The average Bonchev–Trinajstić information content (AvgIpc) is 2.89. The number of nitrogens with one attached hydrogen (secondary N) is 2. The van der Waals surface area contributed by atoms with Crippen LogP contribution >= 0.6 is 0 Å². The fourth-order valence-electron chi connectivity index (χ4n) is 1.77. The standard InChI is InChI=1S/C15H20N4O3/c1-15(2,3)12-8-13(19-22-12)18-14(20)17-10-6-5-9(16)7-11(10)21-4/h5-8H,16H2,1-4H3,(H2,17,18,19,20). The molecule has 1 aromatic carbocycles. The second-order valence-electron chi connectivity index (χ2n) is 5.87. The first-order chi connectivity index (χ1) is 10.3. The predicted molar refractivity (Wildman–Crippen MR) is 85.3 cm³/mol. The number of rotatable bonds is 3. The summed E-state index contributed by atoms with van der Waals surface area (Å²) in [6, 6.07) is 6.21. The van der Waals surface area contributed by atoms with E-state index in [1.807, 2.05) is 20.8 Å². The molecule has 7 nitrogen and oxygen atoms in total. The van der Waals surface area contributed by atoms with Crippen molar-refractivity contribution in [1.29, 1.82) is 0 Å². The molecule has 1 aromatic heterocycles. The maximum atomic E-state index is 12.0. The summed E-state index contributed by atoms with van der Waals surface area (Å²) in [4.78, 5) is 12.0. The van der Waals surface area contributed by atoms with Crippen LogP contribution in [0.5, 0.6) is 5.75 Å². The van der Waals surface area contributed by atoms with Crippen molar-refractivity contribution in [2.75, 3.05) is 23.5 Å². The zero-order chi connectivity index (χ0) is 16.3. The Hall–Kier alpha value is -2.70. The summed E-state index contributed by atoms with van der Waals surface area (Å²) in [6.07, 6.45) is 0. The highest BCUT2D eigenvalue weighted by Crippen LogP contribution is 2.27. The van der Waals surface area contributed by atoms with Crippen molar-refractivity contribution >= 4 is 23.2 Å². The number of benzene rings is 1. The SMILES string of the molecule is COc1cc(N)ccc1NC(=O)Nc1cc(C(C)(C)C)on1. The maximum absolute atomic E-state index is 12.0. The van der Waals surface area contributed by atoms with Crippen molar-refractivity contribution < 1.29 is 14.1 Å². The summed E-state index contributed by atoms with van der Waals surface area (Å²) in [5.41, 5.74) is 6.55. The van der Waals surface area contributed by atoms with Gasteiger partial charge in [0.15, 0.2) is 5.82 Å². The Balaban J connectivity index is 2.06. The van der Waals surface area contributed by atoms with E-state index >= 15 is 0 Å². The third kappa shape index (κ3) is 3.69. The summed E-state index contributed by atoms with van der Waals surface area (Å²) in [6.45, 7) is 5.99. The van der Waals surface area contributed by atoms with E-state index in [0.717, 1.165) is 0 Å². The molecule has 0 fully saturated rings. The molecule has 0 bridgehead atoms. The van der Waals surface area contributed by atoms with E-state index < -0.39 is 6.03 Å². The van der Waals surface area contributed by atoms with Crippen LogP contribution in [0, 0.1) is 0 Å². The number of nitrogens with zero attached hydrogens (tertiary/aromatic N) is 1. The summed E-state index contributed by atoms with van der Waals surface area (Å²) in [5.74, 6) is 1.51. The van der Waals surface area contributed by atoms with Crippen LogP contribution in [-0.4, -0.2) is 18.3 Å². The second-order valence-corrected chi connectivity index (χ2v) is 5.87. The van der Waals surface area contributed by atoms with E-state index in [0.29, 0.717) is 28.7 Å². The minimum atomic E-state index is -0.447.